The van der Waals surface area contributed by atoms with E-state index in [0.717, 1.165) is 24.0 Å². The maximum absolute atomic E-state index is 12.2. The number of benzene rings is 2. The van der Waals surface area contributed by atoms with Crippen LogP contribution in [0.4, 0.5) is 0 Å². The first-order valence-corrected chi connectivity index (χ1v) is 10.3. The van der Waals surface area contributed by atoms with Gasteiger partial charge in [-0.15, -0.1) is 0 Å². The second kappa shape index (κ2) is 10.0. The summed E-state index contributed by atoms with van der Waals surface area (Å²) in [5.41, 5.74) is 3.69. The standard InChI is InChI=1S/C23H29N3O3/c1-16(2)9-5-4-8-14-29-21(28)13-12-18-20(27)15-19-23(25-26-24-19)22(18)17-10-6-3-7-11-17/h3,6-7,10-11,15-16,27H,4-5,8-9,12-14H2,1-2H3,(H,24,25,26). The molecule has 0 bridgehead atoms. The first-order chi connectivity index (χ1) is 14.1. The van der Waals surface area contributed by atoms with Gasteiger partial charge in [-0.25, -0.2) is 0 Å². The first-order valence-electron chi connectivity index (χ1n) is 10.3. The average Bonchev–Trinajstić information content (AvgIpc) is 3.16. The molecule has 154 valence electrons. The normalized spacial score (nSPS) is 11.3. The number of hydrogen-bond donors (Lipinski definition) is 2. The van der Waals surface area contributed by atoms with E-state index in [-0.39, 0.29) is 18.1 Å². The van der Waals surface area contributed by atoms with Gasteiger partial charge >= 0.3 is 5.97 Å². The largest absolute Gasteiger partial charge is 0.508 e. The van der Waals surface area contributed by atoms with Crippen LogP contribution in [-0.4, -0.2) is 33.1 Å². The van der Waals surface area contributed by atoms with Crippen LogP contribution in [0.25, 0.3) is 22.2 Å². The third kappa shape index (κ3) is 5.56. The zero-order valence-corrected chi connectivity index (χ0v) is 17.1. The third-order valence-electron chi connectivity index (χ3n) is 5.03. The van der Waals surface area contributed by atoms with Crippen molar-refractivity contribution in [2.75, 3.05) is 6.61 Å². The Labute approximate surface area is 171 Å². The lowest BCUT2D eigenvalue weighted by Gasteiger charge is -2.12. The Morgan fingerprint density at radius 2 is 1.93 bits per heavy atom. The molecule has 29 heavy (non-hydrogen) atoms. The van der Waals surface area contributed by atoms with Crippen molar-refractivity contribution in [1.82, 2.24) is 15.4 Å². The van der Waals surface area contributed by atoms with Gasteiger partial charge in [0.05, 0.1) is 6.61 Å². The van der Waals surface area contributed by atoms with Crippen LogP contribution >= 0.6 is 0 Å². The van der Waals surface area contributed by atoms with Crippen LogP contribution in [0.3, 0.4) is 0 Å². The summed E-state index contributed by atoms with van der Waals surface area (Å²) in [5, 5.41) is 21.5. The summed E-state index contributed by atoms with van der Waals surface area (Å²) in [6, 6.07) is 11.3. The van der Waals surface area contributed by atoms with E-state index in [9.17, 15) is 9.90 Å². The lowest BCUT2D eigenvalue weighted by atomic mass is 9.94. The summed E-state index contributed by atoms with van der Waals surface area (Å²) < 4.78 is 5.37. The highest BCUT2D eigenvalue weighted by Gasteiger charge is 2.18. The molecule has 6 heteroatoms. The van der Waals surface area contributed by atoms with Crippen molar-refractivity contribution in [3.8, 4) is 16.9 Å². The van der Waals surface area contributed by atoms with Crippen molar-refractivity contribution in [2.24, 2.45) is 5.92 Å². The number of nitrogens with one attached hydrogen (secondary N) is 1. The van der Waals surface area contributed by atoms with Crippen molar-refractivity contribution in [2.45, 2.75) is 52.4 Å². The molecule has 2 aromatic carbocycles. The first kappa shape index (κ1) is 20.8. The maximum atomic E-state index is 12.2. The molecule has 3 aromatic rings. The molecule has 0 fully saturated rings. The quantitative estimate of drug-likeness (QED) is 0.372. The highest BCUT2D eigenvalue weighted by atomic mass is 16.5. The minimum absolute atomic E-state index is 0.117. The Bertz CT molecular complexity index is 935. The minimum Gasteiger partial charge on any atom is -0.508 e. The molecular formula is C23H29N3O3. The number of aromatic hydroxyl groups is 1. The molecule has 0 atom stereocenters. The zero-order valence-electron chi connectivity index (χ0n) is 17.1. The van der Waals surface area contributed by atoms with Crippen molar-refractivity contribution in [3.05, 3.63) is 42.0 Å². The number of phenols is 1. The Hall–Kier alpha value is -2.89. The fraction of sp³-hybridized carbons (Fsp3) is 0.435. The summed E-state index contributed by atoms with van der Waals surface area (Å²) in [4.78, 5) is 12.2. The molecular weight excluding hydrogens is 366 g/mol. The molecule has 0 amide bonds. The average molecular weight is 396 g/mol. The summed E-state index contributed by atoms with van der Waals surface area (Å²) >= 11 is 0. The zero-order chi connectivity index (χ0) is 20.6. The second-order valence-corrected chi connectivity index (χ2v) is 7.77. The van der Waals surface area contributed by atoms with Gasteiger partial charge < -0.3 is 9.84 Å². The summed E-state index contributed by atoms with van der Waals surface area (Å²) in [6.07, 6.45) is 4.94. The van der Waals surface area contributed by atoms with Gasteiger partial charge in [0.25, 0.3) is 0 Å². The van der Waals surface area contributed by atoms with Crippen LogP contribution in [-0.2, 0) is 16.0 Å². The van der Waals surface area contributed by atoms with Gasteiger partial charge in [-0.1, -0.05) is 63.4 Å². The van der Waals surface area contributed by atoms with E-state index in [2.05, 4.69) is 29.3 Å². The smallest absolute Gasteiger partial charge is 0.306 e. The van der Waals surface area contributed by atoms with Gasteiger partial charge in [0, 0.05) is 23.6 Å². The molecule has 0 radical (unpaired) electrons. The molecule has 1 heterocycles. The number of ether oxygens (including phenoxy) is 1. The Morgan fingerprint density at radius 3 is 2.69 bits per heavy atom. The van der Waals surface area contributed by atoms with Crippen molar-refractivity contribution in [3.63, 3.8) is 0 Å². The van der Waals surface area contributed by atoms with E-state index >= 15 is 0 Å². The van der Waals surface area contributed by atoms with E-state index in [0.29, 0.717) is 35.5 Å². The van der Waals surface area contributed by atoms with Crippen LogP contribution in [0.15, 0.2) is 36.4 Å². The lowest BCUT2D eigenvalue weighted by Crippen LogP contribution is -2.08. The van der Waals surface area contributed by atoms with Gasteiger partial charge in [0.15, 0.2) is 0 Å². The van der Waals surface area contributed by atoms with Gasteiger partial charge in [-0.05, 0) is 24.3 Å². The number of nitrogens with zero attached hydrogens (tertiary/aromatic N) is 2. The van der Waals surface area contributed by atoms with Crippen LogP contribution < -0.4 is 0 Å². The lowest BCUT2D eigenvalue weighted by molar-refractivity contribution is -0.143. The van der Waals surface area contributed by atoms with Gasteiger partial charge in [-0.3, -0.25) is 4.79 Å². The number of phenolic OH excluding ortho intramolecular Hbond substituents is 1. The van der Waals surface area contributed by atoms with E-state index < -0.39 is 0 Å². The number of fused-ring (bicyclic) bond motifs is 1. The molecule has 2 N–H and O–H groups in total. The van der Waals surface area contributed by atoms with Crippen LogP contribution in [0.1, 0.15) is 51.5 Å². The molecule has 6 nitrogen and oxygen atoms in total. The highest BCUT2D eigenvalue weighted by Crippen LogP contribution is 2.36. The number of H-pyrrole nitrogens is 1. The fourth-order valence-electron chi connectivity index (χ4n) is 3.50. The van der Waals surface area contributed by atoms with Gasteiger partial charge in [0.2, 0.25) is 0 Å². The summed E-state index contributed by atoms with van der Waals surface area (Å²) in [7, 11) is 0. The molecule has 0 aliphatic heterocycles. The minimum atomic E-state index is -0.243. The number of aromatic amines is 1. The number of esters is 1. The van der Waals surface area contributed by atoms with E-state index in [1.807, 2.05) is 30.3 Å². The van der Waals surface area contributed by atoms with E-state index in [1.165, 1.54) is 12.8 Å². The second-order valence-electron chi connectivity index (χ2n) is 7.77. The van der Waals surface area contributed by atoms with Crippen LogP contribution in [0.2, 0.25) is 0 Å². The molecule has 0 saturated carbocycles. The van der Waals surface area contributed by atoms with Crippen LogP contribution in [0.5, 0.6) is 5.75 Å². The van der Waals surface area contributed by atoms with E-state index in [4.69, 9.17) is 4.74 Å². The SMILES string of the molecule is CC(C)CCCCCOC(=O)CCc1c(O)cc2n[nH]nc2c1-c1ccccc1. The Kier molecular flexibility index (Phi) is 7.22. The Morgan fingerprint density at radius 1 is 1.14 bits per heavy atom. The third-order valence-corrected chi connectivity index (χ3v) is 5.03. The Balaban J connectivity index is 1.64. The predicted octanol–water partition coefficient (Wildman–Crippen LogP) is 5.02. The molecule has 0 aliphatic carbocycles. The van der Waals surface area contributed by atoms with Crippen molar-refractivity contribution < 1.29 is 14.6 Å². The summed E-state index contributed by atoms with van der Waals surface area (Å²) in [6.45, 7) is 4.89. The molecule has 0 spiro atoms. The van der Waals surface area contributed by atoms with Gasteiger partial charge in [-0.2, -0.15) is 15.4 Å². The topological polar surface area (TPSA) is 88.1 Å². The molecule has 0 unspecified atom stereocenters. The molecule has 1 aromatic heterocycles. The number of unbranched alkanes of at least 4 members (excludes halogenated alkanes) is 2. The number of carbonyl (C=O) groups excluding carboxylic acids is 1. The fourth-order valence-corrected chi connectivity index (χ4v) is 3.50. The molecule has 0 aliphatic rings. The molecule has 3 rings (SSSR count). The van der Waals surface area contributed by atoms with Crippen LogP contribution in [0, 0.1) is 5.92 Å². The molecule has 0 saturated heterocycles. The number of carbonyl (C=O) groups is 1. The summed E-state index contributed by atoms with van der Waals surface area (Å²) in [5.74, 6) is 0.588. The van der Waals surface area contributed by atoms with E-state index in [1.54, 1.807) is 6.07 Å². The monoisotopic (exact) mass is 395 g/mol. The number of hydrogen-bond acceptors (Lipinski definition) is 5. The van der Waals surface area contributed by atoms with Crippen molar-refractivity contribution >= 4 is 17.0 Å². The number of aromatic nitrogens is 3. The maximum Gasteiger partial charge on any atom is 0.306 e. The van der Waals surface area contributed by atoms with Gasteiger partial charge in [0.1, 0.15) is 16.8 Å². The highest BCUT2D eigenvalue weighted by molar-refractivity contribution is 5.95. The van der Waals surface area contributed by atoms with Crippen molar-refractivity contribution in [1.29, 1.82) is 0 Å². The predicted molar refractivity (Wildman–Crippen MR) is 114 cm³/mol. The number of rotatable bonds is 10.